The van der Waals surface area contributed by atoms with Crippen LogP contribution in [0.25, 0.3) is 0 Å². The Morgan fingerprint density at radius 1 is 1.31 bits per heavy atom. The molecule has 9 heteroatoms. The predicted octanol–water partition coefficient (Wildman–Crippen LogP) is 2.53. The van der Waals surface area contributed by atoms with Crippen molar-refractivity contribution in [3.8, 4) is 0 Å². The maximum absolute atomic E-state index is 12.3. The smallest absolute Gasteiger partial charge is 0.355 e. The van der Waals surface area contributed by atoms with Gasteiger partial charge in [-0.15, -0.1) is 0 Å². The molecule has 0 aliphatic carbocycles. The Hall–Kier alpha value is -2.13. The molecule has 2 heterocycles. The number of nitrogens with zero attached hydrogens (tertiary/aromatic N) is 1. The molecule has 1 aliphatic heterocycles. The highest BCUT2D eigenvalue weighted by Gasteiger charge is 2.28. The van der Waals surface area contributed by atoms with Crippen LogP contribution in [0.3, 0.4) is 0 Å². The van der Waals surface area contributed by atoms with Crippen LogP contribution in [0.15, 0.2) is 34.9 Å². The summed E-state index contributed by atoms with van der Waals surface area (Å²) in [6.07, 6.45) is 2.14. The van der Waals surface area contributed by atoms with Crippen molar-refractivity contribution < 1.29 is 22.7 Å². The quantitative estimate of drug-likeness (QED) is 0.549. The monoisotopic (exact) mass is 440 g/mol. The van der Waals surface area contributed by atoms with Gasteiger partial charge in [0, 0.05) is 22.8 Å². The largest absolute Gasteiger partial charge is 0.453 e. The maximum atomic E-state index is 12.3. The average Bonchev–Trinajstić information content (AvgIpc) is 3.25. The fourth-order valence-corrected chi connectivity index (χ4v) is 4.27. The van der Waals surface area contributed by atoms with E-state index < -0.39 is 16.0 Å². The van der Waals surface area contributed by atoms with Crippen molar-refractivity contribution in [2.45, 2.75) is 13.3 Å². The SMILES string of the molecule is CCS(=O)(=O)N1CCc2cc(C(=O)COC(=O)c3cc(Br)c[nH]3)ccc21. The number of aromatic amines is 1. The Morgan fingerprint density at radius 3 is 2.73 bits per heavy atom. The molecule has 0 spiro atoms. The second kappa shape index (κ2) is 7.24. The second-order valence-electron chi connectivity index (χ2n) is 5.80. The van der Waals surface area contributed by atoms with Gasteiger partial charge >= 0.3 is 5.97 Å². The van der Waals surface area contributed by atoms with E-state index in [4.69, 9.17) is 4.74 Å². The number of carbonyl (C=O) groups excluding carboxylic acids is 2. The van der Waals surface area contributed by atoms with E-state index in [0.717, 1.165) is 5.56 Å². The molecule has 1 N–H and O–H groups in total. The third kappa shape index (κ3) is 3.68. The van der Waals surface area contributed by atoms with Gasteiger partial charge in [-0.3, -0.25) is 9.10 Å². The molecule has 1 aliphatic rings. The van der Waals surface area contributed by atoms with Crippen LogP contribution >= 0.6 is 15.9 Å². The number of ether oxygens (including phenoxy) is 1. The number of hydrogen-bond acceptors (Lipinski definition) is 5. The van der Waals surface area contributed by atoms with Crippen LogP contribution in [0.4, 0.5) is 5.69 Å². The van der Waals surface area contributed by atoms with Crippen molar-refractivity contribution in [2.75, 3.05) is 23.2 Å². The number of fused-ring (bicyclic) bond motifs is 1. The molecule has 0 unspecified atom stereocenters. The van der Waals surface area contributed by atoms with E-state index in [0.29, 0.717) is 28.7 Å². The first kappa shape index (κ1) is 18.7. The summed E-state index contributed by atoms with van der Waals surface area (Å²) in [6.45, 7) is 1.59. The van der Waals surface area contributed by atoms with E-state index in [2.05, 4.69) is 20.9 Å². The Balaban J connectivity index is 1.69. The minimum atomic E-state index is -3.32. The van der Waals surface area contributed by atoms with Crippen molar-refractivity contribution in [2.24, 2.45) is 0 Å². The highest BCUT2D eigenvalue weighted by atomic mass is 79.9. The molecular weight excluding hydrogens is 424 g/mol. The van der Waals surface area contributed by atoms with Crippen LogP contribution in [-0.4, -0.2) is 44.1 Å². The summed E-state index contributed by atoms with van der Waals surface area (Å²) in [5.41, 5.74) is 2.04. The molecule has 138 valence electrons. The molecule has 0 saturated carbocycles. The molecule has 0 amide bonds. The highest BCUT2D eigenvalue weighted by Crippen LogP contribution is 2.31. The number of carbonyl (C=O) groups is 2. The van der Waals surface area contributed by atoms with Gasteiger partial charge in [0.1, 0.15) is 5.69 Å². The summed E-state index contributed by atoms with van der Waals surface area (Å²) in [7, 11) is -3.32. The molecule has 0 radical (unpaired) electrons. The van der Waals surface area contributed by atoms with E-state index in [1.54, 1.807) is 37.4 Å². The molecule has 3 rings (SSSR count). The van der Waals surface area contributed by atoms with Crippen LogP contribution in [-0.2, 0) is 21.2 Å². The molecule has 7 nitrogen and oxygen atoms in total. The van der Waals surface area contributed by atoms with Crippen LogP contribution in [0, 0.1) is 0 Å². The summed E-state index contributed by atoms with van der Waals surface area (Å²) in [6, 6.07) is 6.42. The predicted molar refractivity (Wildman–Crippen MR) is 100 cm³/mol. The number of ketones is 1. The Kier molecular flexibility index (Phi) is 5.19. The molecule has 1 aromatic heterocycles. The number of aromatic nitrogens is 1. The molecule has 26 heavy (non-hydrogen) atoms. The lowest BCUT2D eigenvalue weighted by Gasteiger charge is -2.18. The fourth-order valence-electron chi connectivity index (χ4n) is 2.77. The zero-order valence-electron chi connectivity index (χ0n) is 14.0. The van der Waals surface area contributed by atoms with Gasteiger partial charge in [-0.2, -0.15) is 0 Å². The lowest BCUT2D eigenvalue weighted by atomic mass is 10.1. The second-order valence-corrected chi connectivity index (χ2v) is 8.89. The number of H-pyrrole nitrogens is 1. The standard InChI is InChI=1S/C17H17BrN2O5S/c1-2-26(23,24)20-6-5-11-7-12(3-4-15(11)20)16(21)10-25-17(22)14-8-13(18)9-19-14/h3-4,7-9,19H,2,5-6,10H2,1H3. The average molecular weight is 441 g/mol. The molecule has 0 bridgehead atoms. The van der Waals surface area contributed by atoms with Crippen molar-refractivity contribution in [1.29, 1.82) is 0 Å². The zero-order chi connectivity index (χ0) is 18.9. The summed E-state index contributed by atoms with van der Waals surface area (Å²) in [4.78, 5) is 26.9. The number of benzene rings is 1. The zero-order valence-corrected chi connectivity index (χ0v) is 16.4. The lowest BCUT2D eigenvalue weighted by Crippen LogP contribution is -2.30. The Bertz CT molecular complexity index is 967. The molecule has 1 aromatic carbocycles. The number of Topliss-reactive ketones (excluding diaryl/α,β-unsaturated/α-hetero) is 1. The van der Waals surface area contributed by atoms with E-state index >= 15 is 0 Å². The van der Waals surface area contributed by atoms with E-state index in [1.807, 2.05) is 0 Å². The fraction of sp³-hybridized carbons (Fsp3) is 0.294. The van der Waals surface area contributed by atoms with Crippen molar-refractivity contribution >= 4 is 43.4 Å². The topological polar surface area (TPSA) is 96.5 Å². The lowest BCUT2D eigenvalue weighted by molar-refractivity contribution is 0.0469. The molecule has 0 saturated heterocycles. The Morgan fingerprint density at radius 2 is 2.08 bits per heavy atom. The highest BCUT2D eigenvalue weighted by molar-refractivity contribution is 9.10. The number of esters is 1. The van der Waals surface area contributed by atoms with Gasteiger partial charge in [-0.05, 0) is 59.1 Å². The first-order chi connectivity index (χ1) is 12.3. The third-order valence-electron chi connectivity index (χ3n) is 4.16. The third-order valence-corrected chi connectivity index (χ3v) is 6.40. The van der Waals surface area contributed by atoms with Crippen LogP contribution in [0.1, 0.15) is 33.3 Å². The summed E-state index contributed by atoms with van der Waals surface area (Å²) >= 11 is 3.22. The van der Waals surface area contributed by atoms with Gasteiger partial charge in [-0.1, -0.05) is 0 Å². The normalized spacial score (nSPS) is 13.5. The minimum Gasteiger partial charge on any atom is -0.453 e. The number of rotatable bonds is 6. The van der Waals surface area contributed by atoms with Gasteiger partial charge in [0.25, 0.3) is 0 Å². The van der Waals surface area contributed by atoms with Gasteiger partial charge in [-0.25, -0.2) is 13.2 Å². The van der Waals surface area contributed by atoms with Crippen LogP contribution in [0.5, 0.6) is 0 Å². The molecule has 0 atom stereocenters. The summed E-state index contributed by atoms with van der Waals surface area (Å²) < 4.78 is 31.3. The van der Waals surface area contributed by atoms with Crippen molar-refractivity contribution in [1.82, 2.24) is 4.98 Å². The van der Waals surface area contributed by atoms with Crippen molar-refractivity contribution in [3.63, 3.8) is 0 Å². The number of halogens is 1. The van der Waals surface area contributed by atoms with E-state index in [1.165, 1.54) is 4.31 Å². The van der Waals surface area contributed by atoms with Gasteiger partial charge in [0.2, 0.25) is 10.0 Å². The number of hydrogen-bond donors (Lipinski definition) is 1. The van der Waals surface area contributed by atoms with Gasteiger partial charge in [0.05, 0.1) is 11.4 Å². The van der Waals surface area contributed by atoms with Crippen LogP contribution < -0.4 is 4.31 Å². The van der Waals surface area contributed by atoms with E-state index in [-0.39, 0.29) is 23.8 Å². The number of sulfonamides is 1. The summed E-state index contributed by atoms with van der Waals surface area (Å²) in [5, 5.41) is 0. The number of nitrogens with one attached hydrogen (secondary N) is 1. The van der Waals surface area contributed by atoms with E-state index in [9.17, 15) is 18.0 Å². The first-order valence-electron chi connectivity index (χ1n) is 7.99. The summed E-state index contributed by atoms with van der Waals surface area (Å²) in [5.74, 6) is -0.938. The maximum Gasteiger partial charge on any atom is 0.355 e. The van der Waals surface area contributed by atoms with Crippen LogP contribution in [0.2, 0.25) is 0 Å². The first-order valence-corrected chi connectivity index (χ1v) is 10.4. The van der Waals surface area contributed by atoms with Crippen molar-refractivity contribution in [3.05, 3.63) is 51.8 Å². The Labute approximate surface area is 159 Å². The molecular formula is C17H17BrN2O5S. The minimum absolute atomic E-state index is 0.0257. The molecule has 0 fully saturated rings. The molecule has 2 aromatic rings. The number of anilines is 1. The van der Waals surface area contributed by atoms with Gasteiger partial charge < -0.3 is 9.72 Å². The van der Waals surface area contributed by atoms with Gasteiger partial charge in [0.15, 0.2) is 12.4 Å².